The van der Waals surface area contributed by atoms with Crippen molar-refractivity contribution in [1.29, 1.82) is 0 Å². The Hall–Kier alpha value is -1.62. The van der Waals surface area contributed by atoms with E-state index in [1.807, 2.05) is 24.3 Å². The molecule has 0 aromatic heterocycles. The standard InChI is InChI=1S/C27H34O5.I2/c1-4-21(3)20-22-10-14-25(15-11-22)32-27(29)23-12-16-24(17-13-23)30-18-8-6-7-9-19-31-26(28)5-2;1-2/h5,10-17,21H,2,4,6-9,18-20H2,1,3H3;. The van der Waals surface area contributed by atoms with Gasteiger partial charge in [0.2, 0.25) is 0 Å². The van der Waals surface area contributed by atoms with E-state index in [0.29, 0.717) is 30.4 Å². The molecule has 0 N–H and O–H groups in total. The van der Waals surface area contributed by atoms with Gasteiger partial charge in [-0.3, -0.25) is 0 Å². The molecule has 0 heterocycles. The zero-order chi connectivity index (χ0) is 25.2. The summed E-state index contributed by atoms with van der Waals surface area (Å²) in [6.07, 6.45) is 7.04. The minimum Gasteiger partial charge on any atom is -0.494 e. The Bertz CT molecular complexity index is 850. The van der Waals surface area contributed by atoms with Gasteiger partial charge in [0, 0.05) is 43.3 Å². The fraction of sp³-hybridized carbons (Fsp3) is 0.407. The van der Waals surface area contributed by atoms with Crippen molar-refractivity contribution >= 4 is 49.2 Å². The highest BCUT2D eigenvalue weighted by molar-refractivity contribution is 15.0. The Morgan fingerprint density at radius 2 is 1.50 bits per heavy atom. The number of hydrogen-bond acceptors (Lipinski definition) is 5. The maximum Gasteiger partial charge on any atom is 0.343 e. The van der Waals surface area contributed by atoms with E-state index in [4.69, 9.17) is 14.2 Å². The molecular weight excluding hydrogens is 658 g/mol. The van der Waals surface area contributed by atoms with E-state index in [0.717, 1.165) is 44.3 Å². The van der Waals surface area contributed by atoms with Crippen molar-refractivity contribution in [3.8, 4) is 11.5 Å². The van der Waals surface area contributed by atoms with Crippen molar-refractivity contribution in [1.82, 2.24) is 0 Å². The van der Waals surface area contributed by atoms with E-state index >= 15 is 0 Å². The second-order valence-electron chi connectivity index (χ2n) is 7.91. The van der Waals surface area contributed by atoms with Gasteiger partial charge < -0.3 is 14.2 Å². The van der Waals surface area contributed by atoms with Crippen LogP contribution in [0.5, 0.6) is 11.5 Å². The lowest BCUT2D eigenvalue weighted by molar-refractivity contribution is -0.137. The van der Waals surface area contributed by atoms with Crippen LogP contribution in [0.2, 0.25) is 0 Å². The van der Waals surface area contributed by atoms with Crippen LogP contribution in [0.15, 0.2) is 61.2 Å². The molecule has 0 fully saturated rings. The number of esters is 2. The fourth-order valence-electron chi connectivity index (χ4n) is 3.07. The number of carbonyl (C=O) groups is 2. The molecule has 0 aliphatic carbocycles. The van der Waals surface area contributed by atoms with E-state index in [1.165, 1.54) is 11.6 Å². The molecule has 186 valence electrons. The van der Waals surface area contributed by atoms with Gasteiger partial charge in [-0.05, 0) is 80.0 Å². The molecule has 0 saturated heterocycles. The monoisotopic (exact) mass is 692 g/mol. The van der Waals surface area contributed by atoms with E-state index < -0.39 is 0 Å². The first-order valence-corrected chi connectivity index (χ1v) is 17.8. The number of benzene rings is 2. The first-order chi connectivity index (χ1) is 16.5. The molecule has 1 unspecified atom stereocenters. The molecule has 0 aliphatic rings. The van der Waals surface area contributed by atoms with E-state index in [-0.39, 0.29) is 11.9 Å². The molecule has 2 aromatic rings. The molecule has 0 radical (unpaired) electrons. The van der Waals surface area contributed by atoms with Crippen molar-refractivity contribution in [2.24, 2.45) is 5.92 Å². The van der Waals surface area contributed by atoms with Gasteiger partial charge in [-0.1, -0.05) is 39.0 Å². The number of unbranched alkanes of at least 4 members (excludes halogenated alkanes) is 3. The summed E-state index contributed by atoms with van der Waals surface area (Å²) in [6.45, 7) is 8.79. The Balaban J connectivity index is 0.00000281. The van der Waals surface area contributed by atoms with Gasteiger partial charge in [0.1, 0.15) is 11.5 Å². The number of halogens is 2. The Morgan fingerprint density at radius 3 is 2.09 bits per heavy atom. The highest BCUT2D eigenvalue weighted by Gasteiger charge is 2.09. The molecule has 0 aliphatic heterocycles. The van der Waals surface area contributed by atoms with Gasteiger partial charge in [-0.15, -0.1) is 0 Å². The normalized spacial score (nSPS) is 10.9. The van der Waals surface area contributed by atoms with E-state index in [9.17, 15) is 9.59 Å². The molecule has 2 aromatic carbocycles. The van der Waals surface area contributed by atoms with Crippen molar-refractivity contribution in [2.75, 3.05) is 13.2 Å². The van der Waals surface area contributed by atoms with Crippen LogP contribution in [0.4, 0.5) is 0 Å². The van der Waals surface area contributed by atoms with Crippen LogP contribution in [0, 0.1) is 5.92 Å². The van der Waals surface area contributed by atoms with Crippen LogP contribution in [0.25, 0.3) is 0 Å². The summed E-state index contributed by atoms with van der Waals surface area (Å²) < 4.78 is 16.1. The SMILES string of the molecule is C=CC(=O)OCCCCCCOc1ccc(C(=O)Oc2ccc(CC(C)CC)cc2)cc1.II. The van der Waals surface area contributed by atoms with Crippen molar-refractivity contribution in [3.63, 3.8) is 0 Å². The lowest BCUT2D eigenvalue weighted by Gasteiger charge is -2.10. The van der Waals surface area contributed by atoms with Gasteiger partial charge in [0.25, 0.3) is 0 Å². The zero-order valence-electron chi connectivity index (χ0n) is 19.9. The summed E-state index contributed by atoms with van der Waals surface area (Å²) in [5.74, 6) is 1.13. The van der Waals surface area contributed by atoms with Gasteiger partial charge in [0.15, 0.2) is 0 Å². The average Bonchev–Trinajstić information content (AvgIpc) is 2.88. The van der Waals surface area contributed by atoms with Crippen LogP contribution >= 0.6 is 37.2 Å². The topological polar surface area (TPSA) is 61.8 Å². The summed E-state index contributed by atoms with van der Waals surface area (Å²) in [4.78, 5) is 23.3. The first kappa shape index (κ1) is 30.4. The van der Waals surface area contributed by atoms with E-state index in [1.54, 1.807) is 24.3 Å². The van der Waals surface area contributed by atoms with Crippen LogP contribution < -0.4 is 9.47 Å². The molecule has 0 saturated carbocycles. The lowest BCUT2D eigenvalue weighted by Crippen LogP contribution is -2.08. The largest absolute Gasteiger partial charge is 0.494 e. The molecule has 0 bridgehead atoms. The number of hydrogen-bond donors (Lipinski definition) is 0. The molecule has 34 heavy (non-hydrogen) atoms. The predicted molar refractivity (Wildman–Crippen MR) is 154 cm³/mol. The summed E-state index contributed by atoms with van der Waals surface area (Å²) in [5, 5.41) is 0. The fourth-order valence-corrected chi connectivity index (χ4v) is 3.07. The lowest BCUT2D eigenvalue weighted by atomic mass is 9.99. The summed E-state index contributed by atoms with van der Waals surface area (Å²) in [5.41, 5.74) is 1.73. The minimum atomic E-state index is -0.386. The summed E-state index contributed by atoms with van der Waals surface area (Å²) in [6, 6.07) is 14.7. The maximum atomic E-state index is 12.4. The highest BCUT2D eigenvalue weighted by Crippen LogP contribution is 2.19. The van der Waals surface area contributed by atoms with Crippen LogP contribution in [-0.4, -0.2) is 25.2 Å². The zero-order valence-corrected chi connectivity index (χ0v) is 24.2. The predicted octanol–water partition coefficient (Wildman–Crippen LogP) is 7.93. The summed E-state index contributed by atoms with van der Waals surface area (Å²) >= 11 is 4.24. The molecular formula is C27H34I2O5. The van der Waals surface area contributed by atoms with Gasteiger partial charge >= 0.3 is 11.9 Å². The van der Waals surface area contributed by atoms with Crippen LogP contribution in [0.1, 0.15) is 61.9 Å². The van der Waals surface area contributed by atoms with Gasteiger partial charge in [-0.25, -0.2) is 9.59 Å². The molecule has 5 nitrogen and oxygen atoms in total. The van der Waals surface area contributed by atoms with Gasteiger partial charge in [0.05, 0.1) is 18.8 Å². The molecule has 0 amide bonds. The summed E-state index contributed by atoms with van der Waals surface area (Å²) in [7, 11) is 0. The van der Waals surface area contributed by atoms with E-state index in [2.05, 4.69) is 57.7 Å². The quantitative estimate of drug-likeness (QED) is 0.0662. The van der Waals surface area contributed by atoms with Crippen LogP contribution in [0.3, 0.4) is 0 Å². The second kappa shape index (κ2) is 18.7. The van der Waals surface area contributed by atoms with Crippen molar-refractivity contribution in [3.05, 3.63) is 72.3 Å². The average molecular weight is 692 g/mol. The number of carbonyl (C=O) groups excluding carboxylic acids is 2. The Kier molecular flexibility index (Phi) is 16.7. The molecule has 1 atom stereocenters. The molecule has 0 spiro atoms. The Labute approximate surface area is 227 Å². The highest BCUT2D eigenvalue weighted by atomic mass is 128. The third-order valence-electron chi connectivity index (χ3n) is 5.22. The third kappa shape index (κ3) is 12.7. The number of ether oxygens (including phenoxy) is 3. The Morgan fingerprint density at radius 1 is 0.912 bits per heavy atom. The second-order valence-corrected chi connectivity index (χ2v) is 7.91. The van der Waals surface area contributed by atoms with Crippen molar-refractivity contribution < 1.29 is 23.8 Å². The number of rotatable bonds is 14. The first-order valence-electron chi connectivity index (χ1n) is 11.5. The van der Waals surface area contributed by atoms with Gasteiger partial charge in [-0.2, -0.15) is 0 Å². The molecule has 7 heteroatoms. The smallest absolute Gasteiger partial charge is 0.343 e. The molecule has 2 rings (SSSR count). The maximum absolute atomic E-state index is 12.4. The third-order valence-corrected chi connectivity index (χ3v) is 5.22. The minimum absolute atomic E-state index is 0.379. The van der Waals surface area contributed by atoms with Crippen molar-refractivity contribution in [2.45, 2.75) is 52.4 Å². The van der Waals surface area contributed by atoms with Crippen LogP contribution in [-0.2, 0) is 16.0 Å².